The Labute approximate surface area is 162 Å². The molecule has 0 unspecified atom stereocenters. The highest BCUT2D eigenvalue weighted by molar-refractivity contribution is 6.32. The summed E-state index contributed by atoms with van der Waals surface area (Å²) in [5, 5.41) is -0.0551. The van der Waals surface area contributed by atoms with Gasteiger partial charge in [0, 0.05) is 11.8 Å². The number of hydrogen-bond donors (Lipinski definition) is 1. The lowest BCUT2D eigenvalue weighted by molar-refractivity contribution is -0.142. The van der Waals surface area contributed by atoms with Gasteiger partial charge in [-0.25, -0.2) is 4.99 Å². The van der Waals surface area contributed by atoms with E-state index in [1.165, 1.54) is 17.3 Å². The first kappa shape index (κ1) is 21.9. The average Bonchev–Trinajstić information content (AvgIpc) is 2.99. The van der Waals surface area contributed by atoms with Crippen LogP contribution in [-0.2, 0) is 17.1 Å². The topological polar surface area (TPSA) is 36.9 Å². The van der Waals surface area contributed by atoms with Gasteiger partial charge in [0.2, 0.25) is 0 Å². The number of rotatable bonds is 5. The summed E-state index contributed by atoms with van der Waals surface area (Å²) in [5.41, 5.74) is -0.950. The predicted molar refractivity (Wildman–Crippen MR) is 92.3 cm³/mol. The molecule has 0 spiro atoms. The van der Waals surface area contributed by atoms with Crippen molar-refractivity contribution in [3.8, 4) is 0 Å². The van der Waals surface area contributed by atoms with Gasteiger partial charge in [0.1, 0.15) is 18.3 Å². The van der Waals surface area contributed by atoms with Gasteiger partial charge in [-0.3, -0.25) is 10.4 Å². The lowest BCUT2D eigenvalue weighted by Crippen LogP contribution is -2.32. The number of nitrogens with one attached hydrogen (secondary N) is 1. The van der Waals surface area contributed by atoms with Crippen molar-refractivity contribution in [1.82, 2.24) is 10.4 Å². The molecule has 0 aromatic heterocycles. The molecule has 0 bridgehead atoms. The highest BCUT2D eigenvalue weighted by Crippen LogP contribution is 2.43. The van der Waals surface area contributed by atoms with E-state index in [0.29, 0.717) is 17.9 Å². The van der Waals surface area contributed by atoms with Crippen molar-refractivity contribution in [2.45, 2.75) is 32.3 Å². The number of halogens is 7. The van der Waals surface area contributed by atoms with Crippen molar-refractivity contribution < 1.29 is 31.1 Å². The summed E-state index contributed by atoms with van der Waals surface area (Å²) in [4.78, 5) is 3.93. The van der Waals surface area contributed by atoms with Crippen molar-refractivity contribution in [2.75, 3.05) is 6.67 Å². The van der Waals surface area contributed by atoms with Crippen LogP contribution in [0, 0.1) is 0 Å². The highest BCUT2D eigenvalue weighted by Gasteiger charge is 2.41. The molecule has 0 saturated carbocycles. The van der Waals surface area contributed by atoms with Crippen molar-refractivity contribution in [3.05, 3.63) is 58.5 Å². The molecule has 0 saturated heterocycles. The maximum absolute atomic E-state index is 13.1. The van der Waals surface area contributed by atoms with E-state index in [1.54, 1.807) is 13.8 Å². The van der Waals surface area contributed by atoms with E-state index < -0.39 is 34.1 Å². The Morgan fingerprint density at radius 2 is 1.75 bits per heavy atom. The molecular formula is C17H16ClF6N3O. The molecule has 1 aliphatic rings. The van der Waals surface area contributed by atoms with Crippen LogP contribution in [0.1, 0.15) is 30.5 Å². The zero-order valence-corrected chi connectivity index (χ0v) is 15.5. The molecule has 11 heteroatoms. The largest absolute Gasteiger partial charge is 0.492 e. The summed E-state index contributed by atoms with van der Waals surface area (Å²) in [6.45, 7) is 7.21. The van der Waals surface area contributed by atoms with Gasteiger partial charge in [0.15, 0.2) is 0 Å². The Morgan fingerprint density at radius 1 is 1.21 bits per heavy atom. The molecule has 0 amide bonds. The lowest BCUT2D eigenvalue weighted by Gasteiger charge is -2.18. The van der Waals surface area contributed by atoms with E-state index in [4.69, 9.17) is 16.3 Å². The zero-order chi connectivity index (χ0) is 21.3. The second-order valence-corrected chi connectivity index (χ2v) is 6.44. The zero-order valence-electron chi connectivity index (χ0n) is 14.7. The molecule has 1 N–H and O–H groups in total. The number of benzene rings is 1. The summed E-state index contributed by atoms with van der Waals surface area (Å²) in [5.74, 6) is 0.170. The normalized spacial score (nSPS) is 15.2. The number of alkyl halides is 6. The molecule has 2 rings (SSSR count). The minimum atomic E-state index is -5.06. The van der Waals surface area contributed by atoms with Crippen molar-refractivity contribution in [3.63, 3.8) is 0 Å². The standard InChI is InChI=1S/C17H16ClF6N3O/c1-9(2)28-10(3)4-5-27-8-25-15(26-27)11-6-12(16(19,20)21)14(18)13(7-11)17(22,23)24/h4-7,9H,3,8H2,1-2H3,(H,25,26)/b5-4-. The van der Waals surface area contributed by atoms with Gasteiger partial charge in [0.25, 0.3) is 0 Å². The van der Waals surface area contributed by atoms with E-state index in [0.717, 1.165) is 0 Å². The Kier molecular flexibility index (Phi) is 6.22. The van der Waals surface area contributed by atoms with Crippen LogP contribution >= 0.6 is 11.6 Å². The van der Waals surface area contributed by atoms with Gasteiger partial charge in [-0.1, -0.05) is 18.2 Å². The van der Waals surface area contributed by atoms with E-state index in [9.17, 15) is 26.3 Å². The molecule has 4 nitrogen and oxygen atoms in total. The Hall–Kier alpha value is -2.36. The molecule has 0 atom stereocenters. The maximum Gasteiger partial charge on any atom is 0.417 e. The van der Waals surface area contributed by atoms with Gasteiger partial charge < -0.3 is 4.74 Å². The van der Waals surface area contributed by atoms with Crippen molar-refractivity contribution in [2.24, 2.45) is 4.99 Å². The van der Waals surface area contributed by atoms with Crippen LogP contribution in [0.15, 0.2) is 41.7 Å². The predicted octanol–water partition coefficient (Wildman–Crippen LogP) is 5.35. The maximum atomic E-state index is 13.1. The fraction of sp³-hybridized carbons (Fsp3) is 0.353. The molecule has 1 aliphatic heterocycles. The van der Waals surface area contributed by atoms with Crippen molar-refractivity contribution >= 4 is 17.4 Å². The molecular weight excluding hydrogens is 412 g/mol. The highest BCUT2D eigenvalue weighted by atomic mass is 35.5. The average molecular weight is 428 g/mol. The fourth-order valence-corrected chi connectivity index (χ4v) is 2.61. The molecule has 0 fully saturated rings. The summed E-state index contributed by atoms with van der Waals surface area (Å²) >= 11 is 5.37. The van der Waals surface area contributed by atoms with E-state index in [2.05, 4.69) is 17.0 Å². The molecule has 28 heavy (non-hydrogen) atoms. The fourth-order valence-electron chi connectivity index (χ4n) is 2.28. The van der Waals surface area contributed by atoms with Crippen LogP contribution in [-0.4, -0.2) is 23.6 Å². The number of ether oxygens (including phenoxy) is 1. The summed E-state index contributed by atoms with van der Waals surface area (Å²) < 4.78 is 84.0. The number of amidine groups is 1. The minimum Gasteiger partial charge on any atom is -0.492 e. The van der Waals surface area contributed by atoms with Crippen LogP contribution in [0.2, 0.25) is 5.02 Å². The quantitative estimate of drug-likeness (QED) is 0.391. The second kappa shape index (κ2) is 7.94. The summed E-state index contributed by atoms with van der Waals surface area (Å²) in [6, 6.07) is 1.05. The third-order valence-corrected chi connectivity index (χ3v) is 3.82. The Balaban J connectivity index is 2.29. The van der Waals surface area contributed by atoms with Crippen LogP contribution in [0.25, 0.3) is 0 Å². The first-order valence-corrected chi connectivity index (χ1v) is 8.26. The molecule has 0 aliphatic carbocycles. The number of hydrazine groups is 1. The molecule has 1 aromatic carbocycles. The van der Waals surface area contributed by atoms with Gasteiger partial charge in [-0.05, 0) is 32.1 Å². The van der Waals surface area contributed by atoms with Crippen LogP contribution in [0.4, 0.5) is 26.3 Å². The summed E-state index contributed by atoms with van der Waals surface area (Å²) in [7, 11) is 0. The lowest BCUT2D eigenvalue weighted by atomic mass is 10.0. The molecule has 154 valence electrons. The second-order valence-electron chi connectivity index (χ2n) is 6.06. The van der Waals surface area contributed by atoms with Gasteiger partial charge >= 0.3 is 12.4 Å². The number of allylic oxidation sites excluding steroid dienone is 1. The van der Waals surface area contributed by atoms with Crippen LogP contribution in [0.3, 0.4) is 0 Å². The van der Waals surface area contributed by atoms with E-state index in [1.807, 2.05) is 0 Å². The SMILES string of the molecule is C=C(/C=C\N1CN=C(c2cc(C(F)(F)F)c(Cl)c(C(F)(F)F)c2)N1)OC(C)C. The monoisotopic (exact) mass is 427 g/mol. The summed E-state index contributed by atoms with van der Waals surface area (Å²) in [6.07, 6.45) is -7.29. The Bertz CT molecular complexity index is 779. The number of hydrogen-bond acceptors (Lipinski definition) is 4. The molecule has 1 heterocycles. The van der Waals surface area contributed by atoms with Gasteiger partial charge in [0.05, 0.1) is 22.3 Å². The van der Waals surface area contributed by atoms with Gasteiger partial charge in [-0.15, -0.1) is 0 Å². The number of aliphatic imine (C=N–C) groups is 1. The van der Waals surface area contributed by atoms with E-state index >= 15 is 0 Å². The van der Waals surface area contributed by atoms with Crippen LogP contribution in [0.5, 0.6) is 0 Å². The van der Waals surface area contributed by atoms with E-state index in [-0.39, 0.29) is 18.6 Å². The number of nitrogens with zero attached hydrogens (tertiary/aromatic N) is 2. The molecule has 1 aromatic rings. The Morgan fingerprint density at radius 3 is 2.21 bits per heavy atom. The van der Waals surface area contributed by atoms with Crippen LogP contribution < -0.4 is 5.43 Å². The molecule has 0 radical (unpaired) electrons. The minimum absolute atomic E-state index is 0.0356. The van der Waals surface area contributed by atoms with Crippen molar-refractivity contribution in [1.29, 1.82) is 0 Å². The first-order valence-electron chi connectivity index (χ1n) is 7.89. The third kappa shape index (κ3) is 5.34. The third-order valence-electron chi connectivity index (χ3n) is 3.41. The van der Waals surface area contributed by atoms with Gasteiger partial charge in [-0.2, -0.15) is 26.3 Å². The first-order chi connectivity index (χ1) is 12.8. The smallest absolute Gasteiger partial charge is 0.417 e.